The Balaban J connectivity index is 3.84. The summed E-state index contributed by atoms with van der Waals surface area (Å²) in [5, 5.41) is 3.14. The normalized spacial score (nSPS) is 13.0. The molecular weight excluding hydrogens is 164 g/mol. The second kappa shape index (κ2) is 4.09. The van der Waals surface area contributed by atoms with Crippen LogP contribution in [0.1, 0.15) is 41.0 Å². The Labute approximate surface area is 81.1 Å². The monoisotopic (exact) mass is 186 g/mol. The topological polar surface area (TPSA) is 55.1 Å². The summed E-state index contributed by atoms with van der Waals surface area (Å²) >= 11 is 0. The van der Waals surface area contributed by atoms with Crippen molar-refractivity contribution >= 4 is 5.91 Å². The lowest BCUT2D eigenvalue weighted by atomic mass is 9.92. The van der Waals surface area contributed by atoms with Crippen LogP contribution in [-0.4, -0.2) is 18.0 Å². The van der Waals surface area contributed by atoms with Crippen molar-refractivity contribution in [1.82, 2.24) is 5.32 Å². The number of nitrogens with two attached hydrogens (primary N) is 1. The van der Waals surface area contributed by atoms with Crippen LogP contribution in [0.5, 0.6) is 0 Å². The Kier molecular flexibility index (Phi) is 3.91. The van der Waals surface area contributed by atoms with Crippen LogP contribution in [-0.2, 0) is 4.79 Å². The van der Waals surface area contributed by atoms with E-state index in [1.807, 2.05) is 0 Å². The molecule has 3 heteroatoms. The Morgan fingerprint density at radius 2 is 1.69 bits per heavy atom. The molecule has 0 fully saturated rings. The summed E-state index contributed by atoms with van der Waals surface area (Å²) in [6.07, 6.45) is 1.03. The van der Waals surface area contributed by atoms with Gasteiger partial charge in [-0.25, -0.2) is 0 Å². The number of amides is 1. The van der Waals surface area contributed by atoms with Crippen molar-refractivity contribution in [3.63, 3.8) is 0 Å². The number of carbonyl (C=O) groups excluding carboxylic acids is 1. The molecule has 0 saturated heterocycles. The van der Waals surface area contributed by atoms with Crippen LogP contribution < -0.4 is 11.1 Å². The molecule has 0 aromatic heterocycles. The van der Waals surface area contributed by atoms with Gasteiger partial charge < -0.3 is 11.1 Å². The summed E-state index contributed by atoms with van der Waals surface area (Å²) in [6.45, 7) is 10.9. The van der Waals surface area contributed by atoms with Gasteiger partial charge in [0.05, 0.1) is 5.54 Å². The Hall–Kier alpha value is -0.570. The zero-order valence-corrected chi connectivity index (χ0v) is 9.40. The molecule has 0 unspecified atom stereocenters. The van der Waals surface area contributed by atoms with E-state index in [2.05, 4.69) is 26.1 Å². The summed E-state index contributed by atoms with van der Waals surface area (Å²) < 4.78 is 0. The van der Waals surface area contributed by atoms with Crippen molar-refractivity contribution in [2.75, 3.05) is 6.54 Å². The highest BCUT2D eigenvalue weighted by Crippen LogP contribution is 2.17. The van der Waals surface area contributed by atoms with Gasteiger partial charge in [-0.05, 0) is 32.2 Å². The predicted octanol–water partition coefficient (Wildman–Crippen LogP) is 1.28. The summed E-state index contributed by atoms with van der Waals surface area (Å²) in [5.41, 5.74) is 4.92. The van der Waals surface area contributed by atoms with Gasteiger partial charge in [0.25, 0.3) is 0 Å². The number of hydrogen-bond acceptors (Lipinski definition) is 2. The van der Waals surface area contributed by atoms with Crippen molar-refractivity contribution in [3.05, 3.63) is 0 Å². The SMILES string of the molecule is CC(C)(C)CCNC(C)(C)C(N)=O. The van der Waals surface area contributed by atoms with Crippen LogP contribution in [0.4, 0.5) is 0 Å². The van der Waals surface area contributed by atoms with E-state index in [1.54, 1.807) is 13.8 Å². The largest absolute Gasteiger partial charge is 0.368 e. The first kappa shape index (κ1) is 12.4. The van der Waals surface area contributed by atoms with Crippen molar-refractivity contribution in [2.24, 2.45) is 11.1 Å². The third-order valence-corrected chi connectivity index (χ3v) is 2.06. The molecule has 0 aliphatic carbocycles. The molecule has 0 saturated carbocycles. The maximum Gasteiger partial charge on any atom is 0.237 e. The fourth-order valence-electron chi connectivity index (χ4n) is 0.837. The van der Waals surface area contributed by atoms with Crippen LogP contribution in [0.2, 0.25) is 0 Å². The second-order valence-electron chi connectivity index (χ2n) is 5.23. The summed E-state index contributed by atoms with van der Waals surface area (Å²) in [5.74, 6) is -0.304. The molecule has 3 N–H and O–H groups in total. The quantitative estimate of drug-likeness (QED) is 0.695. The molecule has 0 heterocycles. The van der Waals surface area contributed by atoms with Crippen LogP contribution in [0, 0.1) is 5.41 Å². The van der Waals surface area contributed by atoms with E-state index >= 15 is 0 Å². The molecule has 0 bridgehead atoms. The molecule has 78 valence electrons. The van der Waals surface area contributed by atoms with Crippen molar-refractivity contribution in [1.29, 1.82) is 0 Å². The lowest BCUT2D eigenvalue weighted by Gasteiger charge is -2.25. The molecule has 0 aliphatic rings. The lowest BCUT2D eigenvalue weighted by Crippen LogP contribution is -2.51. The Bertz CT molecular complexity index is 180. The van der Waals surface area contributed by atoms with Gasteiger partial charge in [-0.2, -0.15) is 0 Å². The van der Waals surface area contributed by atoms with Crippen LogP contribution in [0.3, 0.4) is 0 Å². The van der Waals surface area contributed by atoms with Crippen molar-refractivity contribution in [3.8, 4) is 0 Å². The molecule has 0 spiro atoms. The molecule has 13 heavy (non-hydrogen) atoms. The highest BCUT2D eigenvalue weighted by Gasteiger charge is 2.24. The maximum atomic E-state index is 10.9. The lowest BCUT2D eigenvalue weighted by molar-refractivity contribution is -0.123. The van der Waals surface area contributed by atoms with E-state index in [0.29, 0.717) is 5.41 Å². The maximum absolute atomic E-state index is 10.9. The average Bonchev–Trinajstić information content (AvgIpc) is 1.82. The number of rotatable bonds is 4. The molecule has 1 amide bonds. The first-order valence-electron chi connectivity index (χ1n) is 4.70. The number of hydrogen-bond donors (Lipinski definition) is 2. The number of carbonyl (C=O) groups is 1. The van der Waals surface area contributed by atoms with Gasteiger partial charge in [0.15, 0.2) is 0 Å². The van der Waals surface area contributed by atoms with Gasteiger partial charge in [0.2, 0.25) is 5.91 Å². The molecule has 3 nitrogen and oxygen atoms in total. The molecule has 0 atom stereocenters. The zero-order valence-electron chi connectivity index (χ0n) is 9.40. The smallest absolute Gasteiger partial charge is 0.237 e. The third kappa shape index (κ3) is 5.64. The van der Waals surface area contributed by atoms with E-state index in [0.717, 1.165) is 13.0 Å². The molecule has 0 aliphatic heterocycles. The second-order valence-corrected chi connectivity index (χ2v) is 5.23. The standard InChI is InChI=1S/C10H22N2O/c1-9(2,3)6-7-12-10(4,5)8(11)13/h12H,6-7H2,1-5H3,(H2,11,13). The minimum atomic E-state index is -0.592. The van der Waals surface area contributed by atoms with E-state index in [-0.39, 0.29) is 5.91 Å². The van der Waals surface area contributed by atoms with Crippen LogP contribution in [0.25, 0.3) is 0 Å². The Morgan fingerprint density at radius 1 is 1.23 bits per heavy atom. The van der Waals surface area contributed by atoms with Gasteiger partial charge in [-0.1, -0.05) is 20.8 Å². The first-order valence-corrected chi connectivity index (χ1v) is 4.70. The average molecular weight is 186 g/mol. The fourth-order valence-corrected chi connectivity index (χ4v) is 0.837. The van der Waals surface area contributed by atoms with E-state index in [9.17, 15) is 4.79 Å². The predicted molar refractivity (Wildman–Crippen MR) is 55.3 cm³/mol. The summed E-state index contributed by atoms with van der Waals surface area (Å²) in [7, 11) is 0. The Morgan fingerprint density at radius 3 is 2.00 bits per heavy atom. The van der Waals surface area contributed by atoms with Crippen LogP contribution in [0.15, 0.2) is 0 Å². The van der Waals surface area contributed by atoms with Gasteiger partial charge >= 0.3 is 0 Å². The highest BCUT2D eigenvalue weighted by atomic mass is 16.1. The first-order chi connectivity index (χ1) is 5.65. The number of nitrogens with one attached hydrogen (secondary N) is 1. The van der Waals surface area contributed by atoms with E-state index in [4.69, 9.17) is 5.73 Å². The fraction of sp³-hybridized carbons (Fsp3) is 0.900. The minimum Gasteiger partial charge on any atom is -0.368 e. The van der Waals surface area contributed by atoms with E-state index in [1.165, 1.54) is 0 Å². The van der Waals surface area contributed by atoms with Crippen molar-refractivity contribution < 1.29 is 4.79 Å². The third-order valence-electron chi connectivity index (χ3n) is 2.06. The molecule has 0 radical (unpaired) electrons. The van der Waals surface area contributed by atoms with Crippen LogP contribution >= 0.6 is 0 Å². The van der Waals surface area contributed by atoms with Gasteiger partial charge in [0, 0.05) is 0 Å². The van der Waals surface area contributed by atoms with Gasteiger partial charge in [-0.15, -0.1) is 0 Å². The molecule has 0 rings (SSSR count). The van der Waals surface area contributed by atoms with Gasteiger partial charge in [-0.3, -0.25) is 4.79 Å². The molecule has 0 aromatic carbocycles. The highest BCUT2D eigenvalue weighted by molar-refractivity contribution is 5.83. The summed E-state index contributed by atoms with van der Waals surface area (Å²) in [6, 6.07) is 0. The van der Waals surface area contributed by atoms with Crippen molar-refractivity contribution in [2.45, 2.75) is 46.6 Å². The molecular formula is C10H22N2O. The molecule has 0 aromatic rings. The minimum absolute atomic E-state index is 0.292. The van der Waals surface area contributed by atoms with Gasteiger partial charge in [0.1, 0.15) is 0 Å². The zero-order chi connectivity index (χ0) is 10.7. The number of primary amides is 1. The van der Waals surface area contributed by atoms with E-state index < -0.39 is 5.54 Å². The summed E-state index contributed by atoms with van der Waals surface area (Å²) in [4.78, 5) is 10.9.